The number of carbonyl (C=O) groups excluding carboxylic acids is 1. The maximum atomic E-state index is 14.8. The zero-order valence-electron chi connectivity index (χ0n) is 20.0. The predicted octanol–water partition coefficient (Wildman–Crippen LogP) is 8.01. The molecule has 0 aliphatic heterocycles. The highest BCUT2D eigenvalue weighted by molar-refractivity contribution is 5.92. The second-order valence-corrected chi connectivity index (χ2v) is 8.22. The van der Waals surface area contributed by atoms with Crippen LogP contribution in [0.2, 0.25) is 0 Å². The molecular weight excluding hydrogens is 465 g/mol. The van der Waals surface area contributed by atoms with Crippen LogP contribution < -0.4 is 9.47 Å². The van der Waals surface area contributed by atoms with Crippen molar-refractivity contribution in [2.75, 3.05) is 6.61 Å². The van der Waals surface area contributed by atoms with Gasteiger partial charge in [0.1, 0.15) is 17.3 Å². The lowest BCUT2D eigenvalue weighted by molar-refractivity contribution is 0.0728. The molecule has 184 valence electrons. The molecular formula is C30H25F3O3. The summed E-state index contributed by atoms with van der Waals surface area (Å²) in [4.78, 5) is 12.6. The lowest BCUT2D eigenvalue weighted by atomic mass is 10.00. The number of rotatable bonds is 8. The first kappa shape index (κ1) is 25.0. The summed E-state index contributed by atoms with van der Waals surface area (Å²) in [5.41, 5.74) is 2.08. The molecule has 0 aliphatic rings. The fourth-order valence-corrected chi connectivity index (χ4v) is 3.92. The van der Waals surface area contributed by atoms with Gasteiger partial charge in [0.2, 0.25) is 0 Å². The third-order valence-corrected chi connectivity index (χ3v) is 5.73. The number of benzene rings is 4. The highest BCUT2D eigenvalue weighted by atomic mass is 19.2. The Morgan fingerprint density at radius 2 is 1.33 bits per heavy atom. The lowest BCUT2D eigenvalue weighted by Gasteiger charge is -2.10. The Labute approximate surface area is 208 Å². The molecule has 0 unspecified atom stereocenters. The van der Waals surface area contributed by atoms with Gasteiger partial charge < -0.3 is 9.47 Å². The Bertz CT molecular complexity index is 1360. The van der Waals surface area contributed by atoms with E-state index in [-0.39, 0.29) is 11.3 Å². The topological polar surface area (TPSA) is 35.5 Å². The van der Waals surface area contributed by atoms with Crippen LogP contribution in [0.15, 0.2) is 78.9 Å². The summed E-state index contributed by atoms with van der Waals surface area (Å²) < 4.78 is 54.6. The molecule has 0 fully saturated rings. The number of carbonyl (C=O) groups is 1. The molecule has 3 nitrogen and oxygen atoms in total. The first-order chi connectivity index (χ1) is 17.4. The van der Waals surface area contributed by atoms with E-state index in [4.69, 9.17) is 9.47 Å². The summed E-state index contributed by atoms with van der Waals surface area (Å²) in [5.74, 6) is -3.33. The maximum Gasteiger partial charge on any atom is 0.346 e. The van der Waals surface area contributed by atoms with Crippen molar-refractivity contribution in [3.8, 4) is 33.8 Å². The summed E-state index contributed by atoms with van der Waals surface area (Å²) in [7, 11) is 0. The van der Waals surface area contributed by atoms with Crippen molar-refractivity contribution < 1.29 is 27.4 Å². The summed E-state index contributed by atoms with van der Waals surface area (Å²) in [6.45, 7) is 4.31. The molecule has 0 bridgehead atoms. The van der Waals surface area contributed by atoms with E-state index in [1.165, 1.54) is 30.3 Å². The van der Waals surface area contributed by atoms with Crippen LogP contribution in [-0.2, 0) is 6.42 Å². The molecule has 0 N–H and O–H groups in total. The van der Waals surface area contributed by atoms with E-state index in [0.717, 1.165) is 18.4 Å². The molecule has 0 aromatic heterocycles. The largest absolute Gasteiger partial charge is 0.494 e. The van der Waals surface area contributed by atoms with E-state index in [9.17, 15) is 18.0 Å². The molecule has 0 saturated carbocycles. The van der Waals surface area contributed by atoms with Crippen molar-refractivity contribution in [1.29, 1.82) is 0 Å². The SMILES string of the molecule is CCCc1ccc(-c2ccc(C(=O)Oc3ccc(-c4ccc(OCC)cc4F)cc3)c(F)c2F)cc1. The van der Waals surface area contributed by atoms with E-state index in [0.29, 0.717) is 29.0 Å². The van der Waals surface area contributed by atoms with Crippen molar-refractivity contribution in [3.05, 3.63) is 107 Å². The van der Waals surface area contributed by atoms with Gasteiger partial charge in [-0.3, -0.25) is 0 Å². The van der Waals surface area contributed by atoms with Gasteiger partial charge in [0.15, 0.2) is 11.6 Å². The van der Waals surface area contributed by atoms with Crippen LogP contribution in [0.3, 0.4) is 0 Å². The average Bonchev–Trinajstić information content (AvgIpc) is 2.87. The van der Waals surface area contributed by atoms with Gasteiger partial charge in [-0.25, -0.2) is 18.0 Å². The van der Waals surface area contributed by atoms with Crippen molar-refractivity contribution in [1.82, 2.24) is 0 Å². The molecule has 4 rings (SSSR count). The second-order valence-electron chi connectivity index (χ2n) is 8.22. The summed E-state index contributed by atoms with van der Waals surface area (Å²) in [6.07, 6.45) is 1.89. The van der Waals surface area contributed by atoms with Crippen molar-refractivity contribution in [2.24, 2.45) is 0 Å². The van der Waals surface area contributed by atoms with Gasteiger partial charge in [-0.05, 0) is 60.4 Å². The minimum atomic E-state index is -1.27. The van der Waals surface area contributed by atoms with Crippen LogP contribution >= 0.6 is 0 Å². The van der Waals surface area contributed by atoms with E-state index in [1.54, 1.807) is 36.4 Å². The molecule has 0 heterocycles. The third-order valence-electron chi connectivity index (χ3n) is 5.73. The van der Waals surface area contributed by atoms with Gasteiger partial charge in [-0.15, -0.1) is 0 Å². The number of hydrogen-bond acceptors (Lipinski definition) is 3. The molecule has 0 spiro atoms. The number of esters is 1. The fourth-order valence-electron chi connectivity index (χ4n) is 3.92. The molecule has 0 amide bonds. The molecule has 0 atom stereocenters. The first-order valence-corrected chi connectivity index (χ1v) is 11.7. The second kappa shape index (κ2) is 11.1. The Morgan fingerprint density at radius 3 is 1.97 bits per heavy atom. The molecule has 0 aliphatic carbocycles. The number of aryl methyl sites for hydroxylation is 1. The predicted molar refractivity (Wildman–Crippen MR) is 134 cm³/mol. The van der Waals surface area contributed by atoms with Crippen LogP contribution in [0.25, 0.3) is 22.3 Å². The van der Waals surface area contributed by atoms with E-state index in [1.807, 2.05) is 19.1 Å². The Morgan fingerprint density at radius 1 is 0.722 bits per heavy atom. The highest BCUT2D eigenvalue weighted by Gasteiger charge is 2.21. The average molecular weight is 491 g/mol. The summed E-state index contributed by atoms with van der Waals surface area (Å²) in [5, 5.41) is 0. The van der Waals surface area contributed by atoms with Crippen molar-refractivity contribution in [3.63, 3.8) is 0 Å². The van der Waals surface area contributed by atoms with Crippen LogP contribution in [0.5, 0.6) is 11.5 Å². The van der Waals surface area contributed by atoms with Crippen LogP contribution in [0, 0.1) is 17.5 Å². The fraction of sp³-hybridized carbons (Fsp3) is 0.167. The number of hydrogen-bond donors (Lipinski definition) is 0. The minimum Gasteiger partial charge on any atom is -0.494 e. The van der Waals surface area contributed by atoms with Crippen molar-refractivity contribution >= 4 is 5.97 Å². The van der Waals surface area contributed by atoms with E-state index >= 15 is 0 Å². The van der Waals surface area contributed by atoms with Gasteiger partial charge >= 0.3 is 5.97 Å². The Hall–Kier alpha value is -4.06. The first-order valence-electron chi connectivity index (χ1n) is 11.7. The molecule has 4 aromatic rings. The quantitative estimate of drug-likeness (QED) is 0.185. The van der Waals surface area contributed by atoms with E-state index in [2.05, 4.69) is 6.92 Å². The normalized spacial score (nSPS) is 10.8. The van der Waals surface area contributed by atoms with Gasteiger partial charge in [0.05, 0.1) is 12.2 Å². The van der Waals surface area contributed by atoms with Gasteiger partial charge in [0.25, 0.3) is 0 Å². The van der Waals surface area contributed by atoms with Gasteiger partial charge in [-0.2, -0.15) is 0 Å². The number of ether oxygens (including phenoxy) is 2. The van der Waals surface area contributed by atoms with Gasteiger partial charge in [-0.1, -0.05) is 55.8 Å². The summed E-state index contributed by atoms with van der Waals surface area (Å²) >= 11 is 0. The molecule has 0 saturated heterocycles. The molecule has 4 aromatic carbocycles. The lowest BCUT2D eigenvalue weighted by Crippen LogP contribution is -2.12. The Balaban J connectivity index is 1.50. The summed E-state index contributed by atoms with van der Waals surface area (Å²) in [6, 6.07) is 20.4. The Kier molecular flexibility index (Phi) is 7.74. The molecule has 0 radical (unpaired) electrons. The standard InChI is InChI=1S/C30H25F3O3/c1-3-5-19-6-8-21(9-7-19)25-16-17-26(29(33)28(25)32)30(34)36-22-12-10-20(11-13-22)24-15-14-23(35-4-2)18-27(24)31/h6-18H,3-5H2,1-2H3. The minimum absolute atomic E-state index is 0.0637. The highest BCUT2D eigenvalue weighted by Crippen LogP contribution is 2.30. The zero-order chi connectivity index (χ0) is 25.7. The smallest absolute Gasteiger partial charge is 0.346 e. The number of halogens is 3. The molecule has 36 heavy (non-hydrogen) atoms. The zero-order valence-corrected chi connectivity index (χ0v) is 20.0. The van der Waals surface area contributed by atoms with Crippen LogP contribution in [-0.4, -0.2) is 12.6 Å². The van der Waals surface area contributed by atoms with E-state index < -0.39 is 29.0 Å². The monoisotopic (exact) mass is 490 g/mol. The maximum absolute atomic E-state index is 14.8. The molecule has 6 heteroatoms. The third kappa shape index (κ3) is 5.43. The van der Waals surface area contributed by atoms with Crippen LogP contribution in [0.4, 0.5) is 13.2 Å². The van der Waals surface area contributed by atoms with Crippen LogP contribution in [0.1, 0.15) is 36.2 Å². The van der Waals surface area contributed by atoms with Gasteiger partial charge in [0, 0.05) is 17.2 Å². The van der Waals surface area contributed by atoms with Crippen molar-refractivity contribution in [2.45, 2.75) is 26.7 Å².